The third-order valence-corrected chi connectivity index (χ3v) is 7.32. The second-order valence-electron chi connectivity index (χ2n) is 11.4. The first-order valence-corrected chi connectivity index (χ1v) is 13.9. The maximum atomic E-state index is 12.8. The molecule has 0 aliphatic carbocycles. The van der Waals surface area contributed by atoms with Gasteiger partial charge in [-0.05, 0) is 52.9 Å². The van der Waals surface area contributed by atoms with E-state index in [1.54, 1.807) is 0 Å². The molecule has 0 aromatic rings. The Morgan fingerprint density at radius 3 is 1.62 bits per heavy atom. The molecule has 2 bridgehead atoms. The van der Waals surface area contributed by atoms with Crippen LogP contribution in [0.25, 0.3) is 0 Å². The molecule has 0 aromatic heterocycles. The number of carbonyl (C=O) groups is 2. The van der Waals surface area contributed by atoms with Gasteiger partial charge in [-0.2, -0.15) is 0 Å². The van der Waals surface area contributed by atoms with Gasteiger partial charge < -0.3 is 9.64 Å². The molecule has 2 saturated heterocycles. The minimum atomic E-state index is -0.461. The molecule has 2 aliphatic rings. The van der Waals surface area contributed by atoms with E-state index >= 15 is 0 Å². The van der Waals surface area contributed by atoms with Gasteiger partial charge in [-0.25, -0.2) is 4.79 Å². The number of carbonyl (C=O) groups excluding carboxylic acids is 2. The van der Waals surface area contributed by atoms with E-state index in [0.29, 0.717) is 5.78 Å². The number of nitrogens with zero attached hydrogens (tertiary/aromatic N) is 1. The lowest BCUT2D eigenvalue weighted by Gasteiger charge is -2.39. The van der Waals surface area contributed by atoms with Gasteiger partial charge in [-0.15, -0.1) is 0 Å². The Morgan fingerprint density at radius 2 is 1.19 bits per heavy atom. The Kier molecular flexibility index (Phi) is 12.1. The van der Waals surface area contributed by atoms with Crippen LogP contribution in [-0.4, -0.2) is 34.5 Å². The van der Waals surface area contributed by atoms with Crippen molar-refractivity contribution in [1.29, 1.82) is 0 Å². The van der Waals surface area contributed by atoms with Crippen LogP contribution in [0, 0.1) is 5.92 Å². The average molecular weight is 450 g/mol. The maximum absolute atomic E-state index is 12.8. The molecule has 2 rings (SSSR count). The van der Waals surface area contributed by atoms with Crippen LogP contribution >= 0.6 is 0 Å². The molecule has 2 aliphatic heterocycles. The molecule has 0 spiro atoms. The number of hydrogen-bond acceptors (Lipinski definition) is 3. The van der Waals surface area contributed by atoms with E-state index in [1.807, 2.05) is 25.7 Å². The van der Waals surface area contributed by atoms with Crippen LogP contribution in [0.4, 0.5) is 4.79 Å². The smallest absolute Gasteiger partial charge is 0.410 e. The van der Waals surface area contributed by atoms with Gasteiger partial charge in [0.05, 0.1) is 0 Å². The summed E-state index contributed by atoms with van der Waals surface area (Å²) in [6.07, 6.45) is 21.6. The molecule has 2 fully saturated rings. The number of Topliss-reactive ketones (excluding diaryl/α,β-unsaturated/α-hetero) is 1. The Hall–Kier alpha value is -1.06. The Labute approximate surface area is 198 Å². The number of unbranched alkanes of at least 4 members (excludes halogenated alkanes) is 12. The fourth-order valence-electron chi connectivity index (χ4n) is 5.57. The minimum Gasteiger partial charge on any atom is -0.444 e. The van der Waals surface area contributed by atoms with E-state index in [4.69, 9.17) is 4.74 Å². The molecule has 2 heterocycles. The summed E-state index contributed by atoms with van der Waals surface area (Å²) in [5, 5.41) is 0. The molecule has 0 aromatic carbocycles. The van der Waals surface area contributed by atoms with Crippen LogP contribution in [-0.2, 0) is 9.53 Å². The van der Waals surface area contributed by atoms with Crippen molar-refractivity contribution < 1.29 is 14.3 Å². The number of ether oxygens (including phenoxy) is 1. The van der Waals surface area contributed by atoms with E-state index < -0.39 is 5.60 Å². The summed E-state index contributed by atoms with van der Waals surface area (Å²) < 4.78 is 5.61. The molecule has 186 valence electrons. The predicted octanol–water partition coefficient (Wildman–Crippen LogP) is 8.21. The van der Waals surface area contributed by atoms with Crippen LogP contribution in [0.5, 0.6) is 0 Å². The maximum Gasteiger partial charge on any atom is 0.410 e. The summed E-state index contributed by atoms with van der Waals surface area (Å²) in [5.41, 5.74) is -0.461. The first-order valence-electron chi connectivity index (χ1n) is 13.9. The quantitative estimate of drug-likeness (QED) is 0.237. The summed E-state index contributed by atoms with van der Waals surface area (Å²) in [7, 11) is 0. The lowest BCUT2D eigenvalue weighted by atomic mass is 9.85. The number of piperidine rings is 1. The number of hydrogen-bond donors (Lipinski definition) is 0. The second-order valence-corrected chi connectivity index (χ2v) is 11.4. The van der Waals surface area contributed by atoms with Crippen molar-refractivity contribution in [3.63, 3.8) is 0 Å². The van der Waals surface area contributed by atoms with Crippen molar-refractivity contribution in [2.24, 2.45) is 5.92 Å². The van der Waals surface area contributed by atoms with Gasteiger partial charge in [0.2, 0.25) is 0 Å². The molecular weight excluding hydrogens is 398 g/mol. The highest BCUT2D eigenvalue weighted by Crippen LogP contribution is 2.40. The zero-order valence-corrected chi connectivity index (χ0v) is 21.6. The highest BCUT2D eigenvalue weighted by Gasteiger charge is 2.46. The molecule has 4 heteroatoms. The monoisotopic (exact) mass is 449 g/mol. The normalized spacial score (nSPS) is 22.9. The zero-order valence-electron chi connectivity index (χ0n) is 21.6. The first kappa shape index (κ1) is 27.2. The van der Waals surface area contributed by atoms with E-state index in [1.165, 1.54) is 77.0 Å². The molecule has 0 N–H and O–H groups in total. The molecule has 4 nitrogen and oxygen atoms in total. The molecule has 2 unspecified atom stereocenters. The van der Waals surface area contributed by atoms with Crippen LogP contribution in [0.15, 0.2) is 0 Å². The highest BCUT2D eigenvalue weighted by molar-refractivity contribution is 5.81. The summed E-state index contributed by atoms with van der Waals surface area (Å²) in [6, 6.07) is 0.397. The Morgan fingerprint density at radius 1 is 0.750 bits per heavy atom. The van der Waals surface area contributed by atoms with Crippen molar-refractivity contribution in [3.05, 3.63) is 0 Å². The van der Waals surface area contributed by atoms with Crippen molar-refractivity contribution in [1.82, 2.24) is 4.90 Å². The van der Waals surface area contributed by atoms with Crippen molar-refractivity contribution in [3.8, 4) is 0 Å². The van der Waals surface area contributed by atoms with Gasteiger partial charge in [0.25, 0.3) is 0 Å². The summed E-state index contributed by atoms with van der Waals surface area (Å²) in [6.45, 7) is 8.02. The van der Waals surface area contributed by atoms with E-state index in [2.05, 4.69) is 6.92 Å². The molecular formula is C28H51NO3. The molecule has 0 radical (unpaired) electrons. The number of amides is 1. The van der Waals surface area contributed by atoms with Crippen molar-refractivity contribution in [2.75, 3.05) is 0 Å². The largest absolute Gasteiger partial charge is 0.444 e. The van der Waals surface area contributed by atoms with Crippen LogP contribution < -0.4 is 0 Å². The minimum absolute atomic E-state index is 0.156. The Bertz CT molecular complexity index is 539. The Balaban J connectivity index is 1.51. The molecule has 32 heavy (non-hydrogen) atoms. The van der Waals surface area contributed by atoms with E-state index in [-0.39, 0.29) is 24.1 Å². The summed E-state index contributed by atoms with van der Waals surface area (Å²) in [5.74, 6) is 0.595. The van der Waals surface area contributed by atoms with E-state index in [9.17, 15) is 9.59 Å². The van der Waals surface area contributed by atoms with Gasteiger partial charge >= 0.3 is 6.09 Å². The van der Waals surface area contributed by atoms with Crippen LogP contribution in [0.3, 0.4) is 0 Å². The summed E-state index contributed by atoms with van der Waals surface area (Å²) >= 11 is 0. The van der Waals surface area contributed by atoms with E-state index in [0.717, 1.165) is 38.5 Å². The third kappa shape index (κ3) is 9.83. The van der Waals surface area contributed by atoms with Gasteiger partial charge in [0.15, 0.2) is 0 Å². The fourth-order valence-corrected chi connectivity index (χ4v) is 5.57. The number of fused-ring (bicyclic) bond motifs is 2. The predicted molar refractivity (Wildman–Crippen MR) is 133 cm³/mol. The lowest BCUT2D eigenvalue weighted by Crippen LogP contribution is -2.49. The first-order chi connectivity index (χ1) is 15.3. The summed E-state index contributed by atoms with van der Waals surface area (Å²) in [4.78, 5) is 27.3. The lowest BCUT2D eigenvalue weighted by molar-refractivity contribution is -0.125. The third-order valence-electron chi connectivity index (χ3n) is 7.32. The van der Waals surface area contributed by atoms with Gasteiger partial charge in [0, 0.05) is 24.4 Å². The zero-order chi connectivity index (χ0) is 23.4. The second kappa shape index (κ2) is 14.3. The standard InChI is InChI=1S/C28H51NO3/c1-5-6-7-8-9-10-11-12-13-14-15-16-17-18-26(30)23-21-24-19-20-25(22-23)29(24)27(31)32-28(2,3)4/h23-25H,5-22H2,1-4H3. The average Bonchev–Trinajstić information content (AvgIpc) is 3.00. The number of ketones is 1. The SMILES string of the molecule is CCCCCCCCCCCCCCCC(=O)C1CC2CCC(C1)N2C(=O)OC(C)(C)C. The molecule has 0 saturated carbocycles. The van der Waals surface area contributed by atoms with Gasteiger partial charge in [0.1, 0.15) is 11.4 Å². The topological polar surface area (TPSA) is 46.6 Å². The molecule has 1 amide bonds. The van der Waals surface area contributed by atoms with Gasteiger partial charge in [-0.1, -0.05) is 84.0 Å². The highest BCUT2D eigenvalue weighted by atomic mass is 16.6. The fraction of sp³-hybridized carbons (Fsp3) is 0.929. The van der Waals surface area contributed by atoms with Crippen molar-refractivity contribution >= 4 is 11.9 Å². The molecule has 2 atom stereocenters. The van der Waals surface area contributed by atoms with Crippen LogP contribution in [0.2, 0.25) is 0 Å². The van der Waals surface area contributed by atoms with Crippen molar-refractivity contribution in [2.45, 2.75) is 161 Å². The van der Waals surface area contributed by atoms with Gasteiger partial charge in [-0.3, -0.25) is 4.79 Å². The van der Waals surface area contributed by atoms with Crippen LogP contribution in [0.1, 0.15) is 143 Å². The number of rotatable bonds is 15.